The second-order valence-electron chi connectivity index (χ2n) is 7.34. The largest absolute Gasteiger partial charge is 0.495 e. The summed E-state index contributed by atoms with van der Waals surface area (Å²) >= 11 is 7.74. The topological polar surface area (TPSA) is 58.6 Å². The number of benzene rings is 1. The second-order valence-corrected chi connectivity index (χ2v) is 8.88. The van der Waals surface area contributed by atoms with Crippen LogP contribution in [0.5, 0.6) is 5.75 Å². The number of rotatable bonds is 4. The van der Waals surface area contributed by atoms with Crippen LogP contribution >= 0.6 is 22.9 Å². The van der Waals surface area contributed by atoms with Crippen molar-refractivity contribution in [1.29, 1.82) is 0 Å². The van der Waals surface area contributed by atoms with Crippen molar-refractivity contribution in [2.24, 2.45) is 5.92 Å². The molecule has 0 bridgehead atoms. The Hall–Kier alpha value is -2.05. The van der Waals surface area contributed by atoms with E-state index < -0.39 is 0 Å². The van der Waals surface area contributed by atoms with Gasteiger partial charge in [0.15, 0.2) is 0 Å². The summed E-state index contributed by atoms with van der Waals surface area (Å²) < 4.78 is 5.14. The Kier molecular flexibility index (Phi) is 5.60. The highest BCUT2D eigenvalue weighted by Crippen LogP contribution is 2.34. The summed E-state index contributed by atoms with van der Waals surface area (Å²) in [6, 6.07) is 7.23. The summed E-state index contributed by atoms with van der Waals surface area (Å²) in [4.78, 5) is 29.4. The highest BCUT2D eigenvalue weighted by Gasteiger charge is 2.29. The van der Waals surface area contributed by atoms with Crippen LogP contribution in [0.1, 0.15) is 39.4 Å². The van der Waals surface area contributed by atoms with Gasteiger partial charge >= 0.3 is 0 Å². The summed E-state index contributed by atoms with van der Waals surface area (Å²) in [7, 11) is 1.56. The number of aryl methyl sites for hydroxylation is 1. The van der Waals surface area contributed by atoms with E-state index in [-0.39, 0.29) is 17.7 Å². The first-order valence-corrected chi connectivity index (χ1v) is 10.8. The zero-order valence-corrected chi connectivity index (χ0v) is 17.4. The standard InChI is InChI=1S/C21H23ClN2O3S/c1-27-17-6-5-15(12-16(17)22)23-20(25)13-4-7-18-14(10-13)11-19(28-18)21(26)24-8-2-3-9-24/h5-6,11-13H,2-4,7-10H2,1H3,(H,23,25)/t13-/m1/s1. The van der Waals surface area contributed by atoms with Crippen LogP contribution in [0.2, 0.25) is 5.02 Å². The normalized spacial score (nSPS) is 18.6. The second kappa shape index (κ2) is 8.13. The van der Waals surface area contributed by atoms with Gasteiger partial charge in [0.1, 0.15) is 5.75 Å². The molecular formula is C21H23ClN2O3S. The zero-order chi connectivity index (χ0) is 19.7. The van der Waals surface area contributed by atoms with Crippen LogP contribution in [-0.4, -0.2) is 36.9 Å². The van der Waals surface area contributed by atoms with Crippen LogP contribution < -0.4 is 10.1 Å². The highest BCUT2D eigenvalue weighted by molar-refractivity contribution is 7.14. The number of hydrogen-bond donors (Lipinski definition) is 1. The number of hydrogen-bond acceptors (Lipinski definition) is 4. The van der Waals surface area contributed by atoms with Crippen molar-refractivity contribution in [1.82, 2.24) is 4.90 Å². The number of fused-ring (bicyclic) bond motifs is 1. The van der Waals surface area contributed by atoms with Crippen molar-refractivity contribution >= 4 is 40.4 Å². The summed E-state index contributed by atoms with van der Waals surface area (Å²) in [5.74, 6) is 0.615. The van der Waals surface area contributed by atoms with Crippen LogP contribution in [0.25, 0.3) is 0 Å². The summed E-state index contributed by atoms with van der Waals surface area (Å²) in [6.07, 6.45) is 4.49. The molecule has 1 aliphatic carbocycles. The molecule has 0 saturated carbocycles. The molecule has 0 unspecified atom stereocenters. The predicted molar refractivity (Wildman–Crippen MR) is 112 cm³/mol. The molecule has 0 spiro atoms. The number of methoxy groups -OCH3 is 1. The van der Waals surface area contributed by atoms with E-state index >= 15 is 0 Å². The van der Waals surface area contributed by atoms with Gasteiger partial charge in [-0.25, -0.2) is 0 Å². The van der Waals surface area contributed by atoms with Crippen molar-refractivity contribution in [2.45, 2.75) is 32.1 Å². The smallest absolute Gasteiger partial charge is 0.263 e. The number of nitrogens with one attached hydrogen (secondary N) is 1. The van der Waals surface area contributed by atoms with Gasteiger partial charge in [-0.05, 0) is 61.9 Å². The van der Waals surface area contributed by atoms with E-state index in [1.165, 1.54) is 4.88 Å². The van der Waals surface area contributed by atoms with Gasteiger partial charge in [0.05, 0.1) is 17.0 Å². The van der Waals surface area contributed by atoms with E-state index in [9.17, 15) is 9.59 Å². The van der Waals surface area contributed by atoms with Crippen LogP contribution in [0, 0.1) is 5.92 Å². The van der Waals surface area contributed by atoms with E-state index in [2.05, 4.69) is 5.32 Å². The minimum atomic E-state index is -0.0993. The monoisotopic (exact) mass is 418 g/mol. The molecule has 0 radical (unpaired) electrons. The first kappa shape index (κ1) is 19.3. The summed E-state index contributed by atoms with van der Waals surface area (Å²) in [5.41, 5.74) is 1.81. The third-order valence-electron chi connectivity index (χ3n) is 5.48. The van der Waals surface area contributed by atoms with Gasteiger partial charge in [0, 0.05) is 29.6 Å². The Bertz CT molecular complexity index is 905. The molecule has 7 heteroatoms. The molecule has 2 amide bonds. The number of carbonyl (C=O) groups excluding carboxylic acids is 2. The highest BCUT2D eigenvalue weighted by atomic mass is 35.5. The molecule has 1 aliphatic heterocycles. The first-order valence-electron chi connectivity index (χ1n) is 9.60. The van der Waals surface area contributed by atoms with E-state index in [0.29, 0.717) is 22.9 Å². The number of likely N-dealkylation sites (tertiary alicyclic amines) is 1. The van der Waals surface area contributed by atoms with Crippen LogP contribution in [0.4, 0.5) is 5.69 Å². The Morgan fingerprint density at radius 3 is 2.75 bits per heavy atom. The summed E-state index contributed by atoms with van der Waals surface area (Å²) in [6.45, 7) is 1.72. The van der Waals surface area contributed by atoms with Crippen molar-refractivity contribution < 1.29 is 14.3 Å². The minimum Gasteiger partial charge on any atom is -0.495 e. The van der Waals surface area contributed by atoms with Gasteiger partial charge in [-0.3, -0.25) is 9.59 Å². The lowest BCUT2D eigenvalue weighted by atomic mass is 9.87. The number of nitrogens with zero attached hydrogens (tertiary/aromatic N) is 1. The van der Waals surface area contributed by atoms with E-state index in [4.69, 9.17) is 16.3 Å². The average Bonchev–Trinajstić information content (AvgIpc) is 3.36. The van der Waals surface area contributed by atoms with Crippen molar-refractivity contribution in [3.63, 3.8) is 0 Å². The Labute approximate surface area is 173 Å². The predicted octanol–water partition coefficient (Wildman–Crippen LogP) is 4.39. The van der Waals surface area contributed by atoms with E-state index in [0.717, 1.165) is 49.2 Å². The van der Waals surface area contributed by atoms with Gasteiger partial charge in [-0.15, -0.1) is 11.3 Å². The lowest BCUT2D eigenvalue weighted by Crippen LogP contribution is -2.27. The number of thiophene rings is 1. The van der Waals surface area contributed by atoms with Gasteiger partial charge in [-0.1, -0.05) is 11.6 Å². The fraction of sp³-hybridized carbons (Fsp3) is 0.429. The lowest BCUT2D eigenvalue weighted by Gasteiger charge is -2.21. The molecule has 1 atom stereocenters. The average molecular weight is 419 g/mol. The summed E-state index contributed by atoms with van der Waals surface area (Å²) in [5, 5.41) is 3.42. The van der Waals surface area contributed by atoms with E-state index in [1.807, 2.05) is 11.0 Å². The van der Waals surface area contributed by atoms with Gasteiger partial charge in [0.25, 0.3) is 5.91 Å². The molecule has 1 aromatic carbocycles. The third kappa shape index (κ3) is 3.89. The molecule has 1 saturated heterocycles. The molecular weight excluding hydrogens is 396 g/mol. The molecule has 1 aromatic heterocycles. The molecule has 2 aromatic rings. The number of halogens is 1. The van der Waals surface area contributed by atoms with Crippen LogP contribution in [0.15, 0.2) is 24.3 Å². The van der Waals surface area contributed by atoms with E-state index in [1.54, 1.807) is 36.6 Å². The maximum Gasteiger partial charge on any atom is 0.263 e. The number of anilines is 1. The Morgan fingerprint density at radius 2 is 2.04 bits per heavy atom. The van der Waals surface area contributed by atoms with Crippen molar-refractivity contribution in [2.75, 3.05) is 25.5 Å². The molecule has 148 valence electrons. The fourth-order valence-corrected chi connectivity index (χ4v) is 5.35. The fourth-order valence-electron chi connectivity index (χ4n) is 3.92. The maximum atomic E-state index is 12.7. The van der Waals surface area contributed by atoms with Crippen molar-refractivity contribution in [3.05, 3.63) is 44.6 Å². The number of ether oxygens (including phenoxy) is 1. The molecule has 1 fully saturated rings. The van der Waals surface area contributed by atoms with Gasteiger partial charge in [0.2, 0.25) is 5.91 Å². The molecule has 28 heavy (non-hydrogen) atoms. The molecule has 1 N–H and O–H groups in total. The minimum absolute atomic E-state index is 0.00879. The Morgan fingerprint density at radius 1 is 1.25 bits per heavy atom. The third-order valence-corrected chi connectivity index (χ3v) is 7.00. The van der Waals surface area contributed by atoms with Crippen LogP contribution in [-0.2, 0) is 17.6 Å². The molecule has 5 nitrogen and oxygen atoms in total. The molecule has 4 rings (SSSR count). The van der Waals surface area contributed by atoms with Crippen molar-refractivity contribution in [3.8, 4) is 5.75 Å². The first-order chi connectivity index (χ1) is 13.5. The number of amides is 2. The SMILES string of the molecule is COc1ccc(NC(=O)[C@@H]2CCc3sc(C(=O)N4CCCC4)cc3C2)cc1Cl. The van der Waals surface area contributed by atoms with Gasteiger partial charge in [-0.2, -0.15) is 0 Å². The zero-order valence-electron chi connectivity index (χ0n) is 15.8. The maximum absolute atomic E-state index is 12.7. The number of carbonyl (C=O) groups is 2. The lowest BCUT2D eigenvalue weighted by molar-refractivity contribution is -0.120. The van der Waals surface area contributed by atoms with Crippen LogP contribution in [0.3, 0.4) is 0 Å². The Balaban J connectivity index is 1.42. The van der Waals surface area contributed by atoms with Gasteiger partial charge < -0.3 is 15.0 Å². The quantitative estimate of drug-likeness (QED) is 0.801. The molecule has 2 heterocycles. The molecule has 2 aliphatic rings.